The van der Waals surface area contributed by atoms with E-state index >= 15 is 0 Å². The zero-order valence-corrected chi connectivity index (χ0v) is 13.5. The second-order valence-corrected chi connectivity index (χ2v) is 6.24. The van der Waals surface area contributed by atoms with E-state index in [4.69, 9.17) is 0 Å². The molecule has 1 aromatic rings. The lowest BCUT2D eigenvalue weighted by atomic mass is 9.86. The Hall–Kier alpha value is -1.37. The van der Waals surface area contributed by atoms with Gasteiger partial charge >= 0.3 is 0 Å². The molecule has 3 nitrogen and oxygen atoms in total. The standard InChI is InChI=1S/C18H27N3/c1-4-20-18(13-19,17-10-6-5-7-11-17)14-21-12-8-9-15(2)16(21)3/h5-7,10-11,15-16,20H,4,8-9,12,14H2,1-3H3. The Morgan fingerprint density at radius 3 is 2.67 bits per heavy atom. The SMILES string of the molecule is CCNC(C#N)(CN1CCCC(C)C1C)c1ccccc1. The van der Waals surface area contributed by atoms with Gasteiger partial charge in [-0.25, -0.2) is 0 Å². The predicted octanol–water partition coefficient (Wildman–Crippen LogP) is 3.14. The summed E-state index contributed by atoms with van der Waals surface area (Å²) in [5.41, 5.74) is 0.459. The Kier molecular flexibility index (Phi) is 5.39. The largest absolute Gasteiger partial charge is 0.297 e. The minimum absolute atomic E-state index is 0.536. The zero-order valence-electron chi connectivity index (χ0n) is 13.5. The Labute approximate surface area is 129 Å². The zero-order chi connectivity index (χ0) is 15.3. The van der Waals surface area contributed by atoms with E-state index in [1.165, 1.54) is 12.8 Å². The summed E-state index contributed by atoms with van der Waals surface area (Å²) in [7, 11) is 0. The van der Waals surface area contributed by atoms with Gasteiger partial charge in [-0.15, -0.1) is 0 Å². The summed E-state index contributed by atoms with van der Waals surface area (Å²) in [6.45, 7) is 9.32. The topological polar surface area (TPSA) is 39.1 Å². The summed E-state index contributed by atoms with van der Waals surface area (Å²) in [6.07, 6.45) is 2.53. The lowest BCUT2D eigenvalue weighted by molar-refractivity contribution is 0.0891. The van der Waals surface area contributed by atoms with Crippen molar-refractivity contribution in [3.05, 3.63) is 35.9 Å². The molecule has 1 saturated heterocycles. The van der Waals surface area contributed by atoms with Crippen LogP contribution in [-0.2, 0) is 5.54 Å². The molecule has 1 heterocycles. The molecule has 1 aromatic carbocycles. The number of rotatable bonds is 5. The van der Waals surface area contributed by atoms with Gasteiger partial charge in [0.05, 0.1) is 6.07 Å². The number of nitrogens with one attached hydrogen (secondary N) is 1. The van der Waals surface area contributed by atoms with E-state index in [9.17, 15) is 5.26 Å². The quantitative estimate of drug-likeness (QED) is 0.903. The second kappa shape index (κ2) is 7.06. The molecular weight excluding hydrogens is 258 g/mol. The molecular formula is C18H27N3. The number of nitriles is 1. The number of benzene rings is 1. The van der Waals surface area contributed by atoms with Gasteiger partial charge in [-0.05, 0) is 44.3 Å². The smallest absolute Gasteiger partial charge is 0.145 e. The molecule has 3 unspecified atom stereocenters. The van der Waals surface area contributed by atoms with Crippen molar-refractivity contribution in [2.24, 2.45) is 5.92 Å². The highest BCUT2D eigenvalue weighted by Crippen LogP contribution is 2.28. The number of piperidine rings is 1. The number of likely N-dealkylation sites (tertiary alicyclic amines) is 1. The minimum atomic E-state index is -0.610. The normalized spacial score (nSPS) is 26.0. The van der Waals surface area contributed by atoms with Crippen LogP contribution >= 0.6 is 0 Å². The highest BCUT2D eigenvalue weighted by molar-refractivity contribution is 5.32. The number of nitrogens with zero attached hydrogens (tertiary/aromatic N) is 2. The molecule has 0 amide bonds. The van der Waals surface area contributed by atoms with Gasteiger partial charge in [0.2, 0.25) is 0 Å². The molecule has 114 valence electrons. The fraction of sp³-hybridized carbons (Fsp3) is 0.611. The maximum absolute atomic E-state index is 9.90. The molecule has 1 fully saturated rings. The summed E-state index contributed by atoms with van der Waals surface area (Å²) >= 11 is 0. The Morgan fingerprint density at radius 2 is 2.05 bits per heavy atom. The van der Waals surface area contributed by atoms with Crippen molar-refractivity contribution in [2.45, 2.75) is 45.2 Å². The molecule has 0 radical (unpaired) electrons. The third-order valence-corrected chi connectivity index (χ3v) is 4.88. The van der Waals surface area contributed by atoms with Crippen molar-refractivity contribution < 1.29 is 0 Å². The molecule has 0 saturated carbocycles. The van der Waals surface area contributed by atoms with E-state index in [0.29, 0.717) is 12.0 Å². The first-order chi connectivity index (χ1) is 10.1. The van der Waals surface area contributed by atoms with Gasteiger partial charge in [0, 0.05) is 12.6 Å². The van der Waals surface area contributed by atoms with Crippen molar-refractivity contribution in [3.63, 3.8) is 0 Å². The van der Waals surface area contributed by atoms with Crippen LogP contribution in [0.1, 0.15) is 39.2 Å². The van der Waals surface area contributed by atoms with Gasteiger partial charge in [0.25, 0.3) is 0 Å². The average Bonchev–Trinajstić information content (AvgIpc) is 2.52. The van der Waals surface area contributed by atoms with E-state index in [1.807, 2.05) is 18.2 Å². The maximum atomic E-state index is 9.90. The monoisotopic (exact) mass is 285 g/mol. The van der Waals surface area contributed by atoms with Crippen molar-refractivity contribution in [1.29, 1.82) is 5.26 Å². The lowest BCUT2D eigenvalue weighted by Crippen LogP contribution is -2.54. The van der Waals surface area contributed by atoms with Gasteiger partial charge in [0.15, 0.2) is 0 Å². The van der Waals surface area contributed by atoms with Crippen LogP contribution in [0.25, 0.3) is 0 Å². The molecule has 1 aliphatic rings. The van der Waals surface area contributed by atoms with Crippen LogP contribution in [-0.4, -0.2) is 30.6 Å². The first-order valence-electron chi connectivity index (χ1n) is 8.09. The van der Waals surface area contributed by atoms with Crippen molar-refractivity contribution >= 4 is 0 Å². The molecule has 21 heavy (non-hydrogen) atoms. The van der Waals surface area contributed by atoms with Crippen LogP contribution in [0.4, 0.5) is 0 Å². The van der Waals surface area contributed by atoms with Crippen LogP contribution in [0.15, 0.2) is 30.3 Å². The average molecular weight is 285 g/mol. The highest BCUT2D eigenvalue weighted by Gasteiger charge is 2.36. The van der Waals surface area contributed by atoms with E-state index in [0.717, 1.165) is 25.2 Å². The minimum Gasteiger partial charge on any atom is -0.297 e. The summed E-state index contributed by atoms with van der Waals surface area (Å²) in [5.74, 6) is 0.701. The number of hydrogen-bond acceptors (Lipinski definition) is 3. The Balaban J connectivity index is 2.27. The molecule has 1 N–H and O–H groups in total. The van der Waals surface area contributed by atoms with Crippen LogP contribution in [0.3, 0.4) is 0 Å². The maximum Gasteiger partial charge on any atom is 0.145 e. The van der Waals surface area contributed by atoms with Crippen molar-refractivity contribution in [2.75, 3.05) is 19.6 Å². The molecule has 0 aromatic heterocycles. The molecule has 0 spiro atoms. The van der Waals surface area contributed by atoms with Gasteiger partial charge < -0.3 is 0 Å². The number of likely N-dealkylation sites (N-methyl/N-ethyl adjacent to an activating group) is 1. The van der Waals surface area contributed by atoms with E-state index in [-0.39, 0.29) is 0 Å². The first-order valence-corrected chi connectivity index (χ1v) is 8.09. The second-order valence-electron chi connectivity index (χ2n) is 6.24. The first kappa shape index (κ1) is 16.0. The third-order valence-electron chi connectivity index (χ3n) is 4.88. The van der Waals surface area contributed by atoms with Crippen molar-refractivity contribution in [3.8, 4) is 6.07 Å². The van der Waals surface area contributed by atoms with Crippen LogP contribution in [0, 0.1) is 17.2 Å². The van der Waals surface area contributed by atoms with Gasteiger partial charge in [-0.3, -0.25) is 10.2 Å². The third kappa shape index (κ3) is 3.45. The lowest BCUT2D eigenvalue weighted by Gasteiger charge is -2.42. The fourth-order valence-corrected chi connectivity index (χ4v) is 3.36. The van der Waals surface area contributed by atoms with Crippen LogP contribution < -0.4 is 5.32 Å². The highest BCUT2D eigenvalue weighted by atomic mass is 15.2. The molecule has 3 heteroatoms. The van der Waals surface area contributed by atoms with E-state index < -0.39 is 5.54 Å². The molecule has 0 bridgehead atoms. The van der Waals surface area contributed by atoms with E-state index in [1.54, 1.807) is 0 Å². The summed E-state index contributed by atoms with van der Waals surface area (Å²) in [5, 5.41) is 13.3. The van der Waals surface area contributed by atoms with E-state index in [2.05, 4.69) is 49.2 Å². The van der Waals surface area contributed by atoms with Crippen LogP contribution in [0.2, 0.25) is 0 Å². The molecule has 1 aliphatic heterocycles. The summed E-state index contributed by atoms with van der Waals surface area (Å²) in [4.78, 5) is 2.48. The molecule has 2 rings (SSSR count). The Morgan fingerprint density at radius 1 is 1.33 bits per heavy atom. The number of hydrogen-bond donors (Lipinski definition) is 1. The molecule has 3 atom stereocenters. The Bertz CT molecular complexity index is 479. The summed E-state index contributed by atoms with van der Waals surface area (Å²) < 4.78 is 0. The van der Waals surface area contributed by atoms with Gasteiger partial charge in [-0.1, -0.05) is 44.2 Å². The predicted molar refractivity (Wildman–Crippen MR) is 86.8 cm³/mol. The van der Waals surface area contributed by atoms with Crippen molar-refractivity contribution in [1.82, 2.24) is 10.2 Å². The van der Waals surface area contributed by atoms with Gasteiger partial charge in [0.1, 0.15) is 5.54 Å². The van der Waals surface area contributed by atoms with Crippen LogP contribution in [0.5, 0.6) is 0 Å². The molecule has 0 aliphatic carbocycles. The van der Waals surface area contributed by atoms with Gasteiger partial charge in [-0.2, -0.15) is 5.26 Å². The summed E-state index contributed by atoms with van der Waals surface area (Å²) in [6, 6.07) is 13.3. The fourth-order valence-electron chi connectivity index (χ4n) is 3.36.